The minimum absolute atomic E-state index is 0.0492. The van der Waals surface area contributed by atoms with Crippen LogP contribution in [-0.2, 0) is 0 Å². The van der Waals surface area contributed by atoms with Crippen molar-refractivity contribution in [3.8, 4) is 28.6 Å². The summed E-state index contributed by atoms with van der Waals surface area (Å²) in [5.74, 6) is 0.626. The predicted molar refractivity (Wildman–Crippen MR) is 139 cm³/mol. The van der Waals surface area contributed by atoms with Crippen LogP contribution >= 0.6 is 11.6 Å². The minimum atomic E-state index is -0.492. The predicted octanol–water partition coefficient (Wildman–Crippen LogP) is 3.97. The largest absolute Gasteiger partial charge is 0.508 e. The molecule has 0 aliphatic carbocycles. The summed E-state index contributed by atoms with van der Waals surface area (Å²) in [5, 5.41) is 14.5. The molecule has 1 unspecified atom stereocenters. The molecule has 8 nitrogen and oxygen atoms in total. The van der Waals surface area contributed by atoms with Crippen LogP contribution in [-0.4, -0.2) is 77.5 Å². The Morgan fingerprint density at radius 3 is 2.84 bits per heavy atom. The fraction of sp³-hybridized carbons (Fsp3) is 0.481. The molecule has 0 bridgehead atoms. The number of nitrogens with one attached hydrogen (secondary N) is 1. The van der Waals surface area contributed by atoms with Crippen molar-refractivity contribution in [2.45, 2.75) is 37.3 Å². The Kier molecular flexibility index (Phi) is 5.56. The number of fused-ring (bicyclic) bond motifs is 3. The average Bonchev–Trinajstić information content (AvgIpc) is 3.44. The second kappa shape index (κ2) is 8.85. The number of rotatable bonds is 4. The Balaban J connectivity index is 1.38. The highest BCUT2D eigenvalue weighted by Crippen LogP contribution is 2.47. The van der Waals surface area contributed by atoms with Crippen molar-refractivity contribution in [3.63, 3.8) is 0 Å². The van der Waals surface area contributed by atoms with E-state index in [0.717, 1.165) is 51.4 Å². The molecule has 10 heteroatoms. The van der Waals surface area contributed by atoms with Crippen molar-refractivity contribution in [3.05, 3.63) is 35.1 Å². The van der Waals surface area contributed by atoms with Gasteiger partial charge in [-0.05, 0) is 63.0 Å². The first-order valence-electron chi connectivity index (χ1n) is 13.0. The molecular formula is C27H29ClFN5O3. The molecule has 2 N–H and O–H groups in total. The zero-order chi connectivity index (χ0) is 25.1. The summed E-state index contributed by atoms with van der Waals surface area (Å²) in [7, 11) is 0. The normalized spacial score (nSPS) is 22.4. The summed E-state index contributed by atoms with van der Waals surface area (Å²) in [6, 6.07) is 6.02. The van der Waals surface area contributed by atoms with E-state index in [9.17, 15) is 9.50 Å². The van der Waals surface area contributed by atoms with Crippen LogP contribution in [0.25, 0.3) is 22.0 Å². The Labute approximate surface area is 219 Å². The lowest BCUT2D eigenvalue weighted by Gasteiger charge is -2.35. The van der Waals surface area contributed by atoms with Crippen LogP contribution in [0.3, 0.4) is 0 Å². The van der Waals surface area contributed by atoms with Gasteiger partial charge in [-0.25, -0.2) is 4.39 Å². The monoisotopic (exact) mass is 525 g/mol. The first kappa shape index (κ1) is 23.3. The molecule has 4 aliphatic heterocycles. The van der Waals surface area contributed by atoms with Crippen LogP contribution in [0.1, 0.15) is 25.7 Å². The third-order valence-corrected chi connectivity index (χ3v) is 8.78. The van der Waals surface area contributed by atoms with Crippen LogP contribution < -0.4 is 19.7 Å². The number of hydrogen-bond donors (Lipinski definition) is 2. The van der Waals surface area contributed by atoms with E-state index >= 15 is 0 Å². The second-order valence-corrected chi connectivity index (χ2v) is 10.9. The summed E-state index contributed by atoms with van der Waals surface area (Å²) >= 11 is 6.87. The first-order chi connectivity index (χ1) is 18.0. The van der Waals surface area contributed by atoms with Crippen molar-refractivity contribution >= 4 is 28.3 Å². The highest BCUT2D eigenvalue weighted by atomic mass is 35.5. The highest BCUT2D eigenvalue weighted by molar-refractivity contribution is 6.36. The third-order valence-electron chi connectivity index (χ3n) is 8.40. The first-order valence-corrected chi connectivity index (χ1v) is 13.4. The van der Waals surface area contributed by atoms with Gasteiger partial charge < -0.3 is 24.8 Å². The maximum absolute atomic E-state index is 14.9. The number of nitrogens with zero attached hydrogens (tertiary/aromatic N) is 4. The standard InChI is InChI=1S/C27H29ClFN5O3/c28-23-19(18-11-17(35)3-4-20(18)29)12-21-22-24(23)36-14-16-13-30-7-10-34(16)25(22)32-26(31-21)37-15-27-5-1-8-33(27)9-2-6-27/h3-4,11-12,16,30,35H,1-2,5-10,13-15H2. The van der Waals surface area contributed by atoms with E-state index in [0.29, 0.717) is 41.4 Å². The molecule has 3 fully saturated rings. The fourth-order valence-corrected chi connectivity index (χ4v) is 6.86. The number of phenols is 1. The fourth-order valence-electron chi connectivity index (χ4n) is 6.55. The lowest BCUT2D eigenvalue weighted by Crippen LogP contribution is -2.53. The van der Waals surface area contributed by atoms with Crippen LogP contribution in [0, 0.1) is 5.82 Å². The number of aromatic hydroxyl groups is 1. The molecule has 7 rings (SSSR count). The molecule has 3 aromatic rings. The molecule has 1 aromatic heterocycles. The summed E-state index contributed by atoms with van der Waals surface area (Å²) < 4.78 is 27.5. The SMILES string of the molecule is Oc1ccc(F)c(-c2cc3nc(OCC45CCCN4CCC5)nc4c3c(c2Cl)OCC2CNCCN42)c1. The lowest BCUT2D eigenvalue weighted by atomic mass is 9.95. The molecule has 0 spiro atoms. The Morgan fingerprint density at radius 1 is 1.16 bits per heavy atom. The molecule has 194 valence electrons. The molecule has 2 aromatic carbocycles. The van der Waals surface area contributed by atoms with Crippen LogP contribution in [0.5, 0.6) is 17.5 Å². The highest BCUT2D eigenvalue weighted by Gasteiger charge is 2.45. The van der Waals surface area contributed by atoms with Crippen LogP contribution in [0.15, 0.2) is 24.3 Å². The smallest absolute Gasteiger partial charge is 0.319 e. The van der Waals surface area contributed by atoms with E-state index in [1.807, 2.05) is 0 Å². The molecule has 0 saturated carbocycles. The van der Waals surface area contributed by atoms with Gasteiger partial charge in [0.1, 0.15) is 30.6 Å². The van der Waals surface area contributed by atoms with Gasteiger partial charge in [0.15, 0.2) is 5.75 Å². The van der Waals surface area contributed by atoms with Gasteiger partial charge in [0.25, 0.3) is 0 Å². The molecule has 0 radical (unpaired) electrons. The second-order valence-electron chi connectivity index (χ2n) is 10.5. The van der Waals surface area contributed by atoms with Gasteiger partial charge in [-0.2, -0.15) is 9.97 Å². The van der Waals surface area contributed by atoms with E-state index in [1.54, 1.807) is 6.07 Å². The van der Waals surface area contributed by atoms with E-state index in [2.05, 4.69) is 15.1 Å². The van der Waals surface area contributed by atoms with Gasteiger partial charge in [-0.1, -0.05) is 11.6 Å². The number of hydrogen-bond acceptors (Lipinski definition) is 8. The molecule has 3 saturated heterocycles. The van der Waals surface area contributed by atoms with Gasteiger partial charge in [0.05, 0.1) is 27.5 Å². The van der Waals surface area contributed by atoms with E-state index in [1.165, 1.54) is 31.0 Å². The molecular weight excluding hydrogens is 497 g/mol. The average molecular weight is 526 g/mol. The number of piperazine rings is 1. The molecule has 1 atom stereocenters. The summed E-state index contributed by atoms with van der Waals surface area (Å²) in [6.07, 6.45) is 4.63. The number of halogens is 2. The zero-order valence-corrected chi connectivity index (χ0v) is 21.2. The van der Waals surface area contributed by atoms with Crippen molar-refractivity contribution in [2.24, 2.45) is 0 Å². The third kappa shape index (κ3) is 3.78. The minimum Gasteiger partial charge on any atom is -0.508 e. The summed E-state index contributed by atoms with van der Waals surface area (Å²) in [4.78, 5) is 14.5. The summed E-state index contributed by atoms with van der Waals surface area (Å²) in [5.41, 5.74) is 1.23. The Morgan fingerprint density at radius 2 is 2.00 bits per heavy atom. The van der Waals surface area contributed by atoms with Gasteiger partial charge in [0.2, 0.25) is 0 Å². The maximum atomic E-state index is 14.9. The number of phenolic OH excluding ortho intramolecular Hbond substituents is 1. The van der Waals surface area contributed by atoms with Crippen molar-refractivity contribution < 1.29 is 19.0 Å². The topological polar surface area (TPSA) is 83.0 Å². The van der Waals surface area contributed by atoms with Gasteiger partial charge >= 0.3 is 6.01 Å². The van der Waals surface area contributed by atoms with E-state index < -0.39 is 5.82 Å². The van der Waals surface area contributed by atoms with Gasteiger partial charge in [-0.3, -0.25) is 4.90 Å². The van der Waals surface area contributed by atoms with E-state index in [-0.39, 0.29) is 27.9 Å². The number of benzene rings is 2. The van der Waals surface area contributed by atoms with E-state index in [4.69, 9.17) is 31.0 Å². The maximum Gasteiger partial charge on any atom is 0.319 e. The van der Waals surface area contributed by atoms with Crippen LogP contribution in [0.4, 0.5) is 10.2 Å². The molecule has 37 heavy (non-hydrogen) atoms. The Hall–Kier alpha value is -2.88. The van der Waals surface area contributed by atoms with Crippen LogP contribution in [0.2, 0.25) is 5.02 Å². The zero-order valence-electron chi connectivity index (χ0n) is 20.5. The quantitative estimate of drug-likeness (QED) is 0.529. The number of anilines is 1. The summed E-state index contributed by atoms with van der Waals surface area (Å²) in [6.45, 7) is 5.52. The Bertz CT molecular complexity index is 1380. The number of ether oxygens (including phenoxy) is 2. The van der Waals surface area contributed by atoms with Gasteiger partial charge in [-0.15, -0.1) is 0 Å². The van der Waals surface area contributed by atoms with Gasteiger partial charge in [0, 0.05) is 30.8 Å². The van der Waals surface area contributed by atoms with Crippen molar-refractivity contribution in [1.29, 1.82) is 0 Å². The lowest BCUT2D eigenvalue weighted by molar-refractivity contribution is 0.108. The number of aromatic nitrogens is 2. The van der Waals surface area contributed by atoms with Crippen molar-refractivity contribution in [1.82, 2.24) is 20.2 Å². The molecule has 5 heterocycles. The molecule has 4 aliphatic rings. The van der Waals surface area contributed by atoms with Crippen molar-refractivity contribution in [2.75, 3.05) is 50.8 Å². The molecule has 0 amide bonds.